The quantitative estimate of drug-likeness (QED) is 0.927. The third-order valence-electron chi connectivity index (χ3n) is 3.29. The molecule has 4 nitrogen and oxygen atoms in total. The van der Waals surface area contributed by atoms with Gasteiger partial charge in [-0.05, 0) is 31.2 Å². The van der Waals surface area contributed by atoms with Crippen LogP contribution in [0.5, 0.6) is 11.5 Å². The average molecular weight is 305 g/mol. The number of hydrogen-bond acceptors (Lipinski definition) is 3. The fourth-order valence-electron chi connectivity index (χ4n) is 2.19. The van der Waals surface area contributed by atoms with Crippen LogP contribution >= 0.6 is 0 Å². The highest BCUT2D eigenvalue weighted by molar-refractivity contribution is 5.95. The van der Waals surface area contributed by atoms with E-state index >= 15 is 0 Å². The molecule has 0 saturated heterocycles. The predicted molar refractivity (Wildman–Crippen MR) is 75.9 cm³/mol. The Morgan fingerprint density at radius 1 is 1.05 bits per heavy atom. The van der Waals surface area contributed by atoms with E-state index in [2.05, 4.69) is 5.32 Å². The second kappa shape index (κ2) is 5.63. The summed E-state index contributed by atoms with van der Waals surface area (Å²) in [6.45, 7) is 1.70. The number of amides is 1. The summed E-state index contributed by atoms with van der Waals surface area (Å²) in [4.78, 5) is 12.3. The maximum atomic E-state index is 13.2. The highest BCUT2D eigenvalue weighted by Crippen LogP contribution is 2.33. The molecule has 2 atom stereocenters. The minimum absolute atomic E-state index is 0.151. The Morgan fingerprint density at radius 3 is 2.41 bits per heavy atom. The number of ether oxygens (including phenoxy) is 2. The summed E-state index contributed by atoms with van der Waals surface area (Å²) in [7, 11) is 0. The second-order valence-corrected chi connectivity index (χ2v) is 4.93. The highest BCUT2D eigenvalue weighted by Gasteiger charge is 2.34. The number of carbonyl (C=O) groups is 1. The summed E-state index contributed by atoms with van der Waals surface area (Å²) in [5, 5.41) is 2.49. The van der Waals surface area contributed by atoms with Crippen molar-refractivity contribution in [2.24, 2.45) is 0 Å². The Kier molecular flexibility index (Phi) is 3.66. The average Bonchev–Trinajstić information content (AvgIpc) is 2.50. The largest absolute Gasteiger partial charge is 0.482 e. The zero-order chi connectivity index (χ0) is 15.7. The van der Waals surface area contributed by atoms with Gasteiger partial charge in [0.25, 0.3) is 5.91 Å². The Labute approximate surface area is 125 Å². The fraction of sp³-hybridized carbons (Fsp3) is 0.188. The Balaban J connectivity index is 1.76. The molecule has 114 valence electrons. The van der Waals surface area contributed by atoms with Gasteiger partial charge in [0.15, 0.2) is 23.1 Å². The number of anilines is 1. The van der Waals surface area contributed by atoms with Crippen LogP contribution in [0.2, 0.25) is 0 Å². The van der Waals surface area contributed by atoms with E-state index in [1.165, 1.54) is 6.07 Å². The minimum atomic E-state index is -1.03. The predicted octanol–water partition coefficient (Wildman–Crippen LogP) is 3.13. The molecule has 22 heavy (non-hydrogen) atoms. The molecule has 6 heteroatoms. The Hall–Kier alpha value is -2.63. The van der Waals surface area contributed by atoms with Crippen molar-refractivity contribution in [3.63, 3.8) is 0 Å². The summed E-state index contributed by atoms with van der Waals surface area (Å²) in [6, 6.07) is 10.1. The van der Waals surface area contributed by atoms with Crippen LogP contribution in [0, 0.1) is 11.6 Å². The van der Waals surface area contributed by atoms with Crippen molar-refractivity contribution >= 4 is 11.6 Å². The first-order chi connectivity index (χ1) is 10.5. The van der Waals surface area contributed by atoms with Crippen molar-refractivity contribution in [2.45, 2.75) is 19.1 Å². The van der Waals surface area contributed by atoms with Gasteiger partial charge in [0.1, 0.15) is 6.10 Å². The number of halogens is 2. The molecule has 0 spiro atoms. The molecule has 0 bridgehead atoms. The van der Waals surface area contributed by atoms with Crippen molar-refractivity contribution in [3.05, 3.63) is 54.1 Å². The SMILES string of the molecule is C[C@H]1Oc2ccccc2O[C@H]1C(=O)Nc1ccc(F)c(F)c1. The summed E-state index contributed by atoms with van der Waals surface area (Å²) in [5.41, 5.74) is 0.151. The number of para-hydroxylation sites is 2. The molecule has 1 amide bonds. The lowest BCUT2D eigenvalue weighted by molar-refractivity contribution is -0.128. The molecule has 1 N–H and O–H groups in total. The van der Waals surface area contributed by atoms with Gasteiger partial charge in [-0.3, -0.25) is 4.79 Å². The van der Waals surface area contributed by atoms with Gasteiger partial charge >= 0.3 is 0 Å². The van der Waals surface area contributed by atoms with Crippen LogP contribution in [0.1, 0.15) is 6.92 Å². The molecular formula is C16H13F2NO3. The number of hydrogen-bond donors (Lipinski definition) is 1. The van der Waals surface area contributed by atoms with Crippen LogP contribution in [0.3, 0.4) is 0 Å². The summed E-state index contributed by atoms with van der Waals surface area (Å²) >= 11 is 0. The summed E-state index contributed by atoms with van der Waals surface area (Å²) < 4.78 is 37.3. The molecule has 0 saturated carbocycles. The molecule has 0 fully saturated rings. The topological polar surface area (TPSA) is 47.6 Å². The zero-order valence-electron chi connectivity index (χ0n) is 11.7. The van der Waals surface area contributed by atoms with E-state index < -0.39 is 29.7 Å². The van der Waals surface area contributed by atoms with Gasteiger partial charge in [0.05, 0.1) is 0 Å². The van der Waals surface area contributed by atoms with Crippen LogP contribution in [0.4, 0.5) is 14.5 Å². The van der Waals surface area contributed by atoms with Crippen molar-refractivity contribution in [1.82, 2.24) is 0 Å². The van der Waals surface area contributed by atoms with Crippen LogP contribution in [-0.2, 0) is 4.79 Å². The molecule has 2 aromatic carbocycles. The highest BCUT2D eigenvalue weighted by atomic mass is 19.2. The molecule has 3 rings (SSSR count). The smallest absolute Gasteiger partial charge is 0.269 e. The van der Waals surface area contributed by atoms with E-state index in [4.69, 9.17) is 9.47 Å². The first kappa shape index (κ1) is 14.3. The molecule has 0 unspecified atom stereocenters. The molecule has 0 radical (unpaired) electrons. The van der Waals surface area contributed by atoms with Gasteiger partial charge in [0, 0.05) is 11.8 Å². The van der Waals surface area contributed by atoms with Gasteiger partial charge in [-0.15, -0.1) is 0 Å². The van der Waals surface area contributed by atoms with Crippen molar-refractivity contribution in [3.8, 4) is 11.5 Å². The van der Waals surface area contributed by atoms with Gasteiger partial charge in [-0.1, -0.05) is 12.1 Å². The monoisotopic (exact) mass is 305 g/mol. The van der Waals surface area contributed by atoms with Crippen LogP contribution in [-0.4, -0.2) is 18.1 Å². The number of rotatable bonds is 2. The maximum absolute atomic E-state index is 13.2. The standard InChI is InChI=1S/C16H13F2NO3/c1-9-15(22-14-5-3-2-4-13(14)21-9)16(20)19-10-6-7-11(17)12(18)8-10/h2-9,15H,1H3,(H,19,20)/t9-,15-/m1/s1. The lowest BCUT2D eigenvalue weighted by Gasteiger charge is -2.31. The molecule has 0 aromatic heterocycles. The summed E-state index contributed by atoms with van der Waals surface area (Å²) in [5.74, 6) is -1.47. The van der Waals surface area contributed by atoms with Crippen molar-refractivity contribution < 1.29 is 23.0 Å². The lowest BCUT2D eigenvalue weighted by Crippen LogP contribution is -2.46. The van der Waals surface area contributed by atoms with E-state index in [0.29, 0.717) is 11.5 Å². The minimum Gasteiger partial charge on any atom is -0.482 e. The van der Waals surface area contributed by atoms with Gasteiger partial charge < -0.3 is 14.8 Å². The number of carbonyl (C=O) groups excluding carboxylic acids is 1. The van der Waals surface area contributed by atoms with Crippen LogP contribution in [0.15, 0.2) is 42.5 Å². The van der Waals surface area contributed by atoms with Gasteiger partial charge in [-0.2, -0.15) is 0 Å². The van der Waals surface area contributed by atoms with Gasteiger partial charge in [-0.25, -0.2) is 8.78 Å². The third kappa shape index (κ3) is 2.72. The molecule has 1 heterocycles. The Morgan fingerprint density at radius 2 is 1.73 bits per heavy atom. The van der Waals surface area contributed by atoms with E-state index in [9.17, 15) is 13.6 Å². The molecule has 2 aromatic rings. The van der Waals surface area contributed by atoms with Crippen molar-refractivity contribution in [1.29, 1.82) is 0 Å². The normalized spacial score (nSPS) is 19.6. The van der Waals surface area contributed by atoms with Gasteiger partial charge in [0.2, 0.25) is 6.10 Å². The van der Waals surface area contributed by atoms with Crippen LogP contribution < -0.4 is 14.8 Å². The molecule has 0 aliphatic carbocycles. The first-order valence-electron chi connectivity index (χ1n) is 6.73. The van der Waals surface area contributed by atoms with E-state index in [0.717, 1.165) is 12.1 Å². The first-order valence-corrected chi connectivity index (χ1v) is 6.73. The van der Waals surface area contributed by atoms with E-state index in [1.54, 1.807) is 31.2 Å². The number of benzene rings is 2. The number of fused-ring (bicyclic) bond motifs is 1. The van der Waals surface area contributed by atoms with E-state index in [-0.39, 0.29) is 5.69 Å². The fourth-order valence-corrected chi connectivity index (χ4v) is 2.19. The second-order valence-electron chi connectivity index (χ2n) is 4.93. The molecule has 1 aliphatic heterocycles. The molecular weight excluding hydrogens is 292 g/mol. The van der Waals surface area contributed by atoms with Crippen molar-refractivity contribution in [2.75, 3.05) is 5.32 Å². The number of nitrogens with one attached hydrogen (secondary N) is 1. The summed E-state index contributed by atoms with van der Waals surface area (Å²) in [6.07, 6.45) is -1.40. The van der Waals surface area contributed by atoms with Crippen LogP contribution in [0.25, 0.3) is 0 Å². The molecule has 1 aliphatic rings. The maximum Gasteiger partial charge on any atom is 0.269 e. The third-order valence-corrected chi connectivity index (χ3v) is 3.29. The zero-order valence-corrected chi connectivity index (χ0v) is 11.7. The van der Waals surface area contributed by atoms with E-state index in [1.807, 2.05) is 0 Å². The Bertz CT molecular complexity index is 720. The lowest BCUT2D eigenvalue weighted by atomic mass is 10.1.